The van der Waals surface area contributed by atoms with E-state index < -0.39 is 0 Å². The molecule has 0 aliphatic carbocycles. The number of carbonyl (C=O) groups is 1. The zero-order valence-electron chi connectivity index (χ0n) is 17.8. The summed E-state index contributed by atoms with van der Waals surface area (Å²) >= 11 is 12.9. The third kappa shape index (κ3) is 4.58. The highest BCUT2D eigenvalue weighted by Crippen LogP contribution is 2.40. The lowest BCUT2D eigenvalue weighted by atomic mass is 9.98. The molecule has 172 valence electrons. The first kappa shape index (κ1) is 22.3. The highest BCUT2D eigenvalue weighted by atomic mass is 35.5. The van der Waals surface area contributed by atoms with E-state index in [0.717, 1.165) is 11.1 Å². The number of anilines is 1. The molecule has 0 radical (unpaired) electrons. The Morgan fingerprint density at radius 2 is 1.82 bits per heavy atom. The Balaban J connectivity index is 1.32. The van der Waals surface area contributed by atoms with Crippen molar-refractivity contribution in [3.63, 3.8) is 0 Å². The molecule has 5 rings (SSSR count). The van der Waals surface area contributed by atoms with Gasteiger partial charge in [-0.25, -0.2) is 14.4 Å². The maximum atomic E-state index is 13.2. The molecule has 3 aromatic rings. The molecule has 0 unspecified atom stereocenters. The Morgan fingerprint density at radius 3 is 2.53 bits per heavy atom. The fourth-order valence-corrected chi connectivity index (χ4v) is 4.43. The number of fused-ring (bicyclic) bond motifs is 1. The van der Waals surface area contributed by atoms with Gasteiger partial charge in [-0.1, -0.05) is 35.3 Å². The normalized spacial score (nSPS) is 14.7. The minimum Gasteiger partial charge on any atom is -0.454 e. The fourth-order valence-electron chi connectivity index (χ4n) is 3.87. The van der Waals surface area contributed by atoms with E-state index in [-0.39, 0.29) is 11.7 Å². The minimum absolute atomic E-state index is 0.0673. The summed E-state index contributed by atoms with van der Waals surface area (Å²) < 4.78 is 19.2. The van der Waals surface area contributed by atoms with E-state index in [0.29, 0.717) is 52.3 Å². The quantitative estimate of drug-likeness (QED) is 0.474. The van der Waals surface area contributed by atoms with Crippen LogP contribution in [0.2, 0.25) is 10.0 Å². The molecule has 0 aromatic heterocycles. The Morgan fingerprint density at radius 1 is 1.06 bits per heavy atom. The topological polar surface area (TPSA) is 57.2 Å². The second-order valence-corrected chi connectivity index (χ2v) is 8.66. The highest BCUT2D eigenvalue weighted by molar-refractivity contribution is 6.37. The van der Waals surface area contributed by atoms with Crippen molar-refractivity contribution in [2.45, 2.75) is 13.0 Å². The van der Waals surface area contributed by atoms with Crippen molar-refractivity contribution < 1.29 is 13.9 Å². The monoisotopic (exact) mass is 496 g/mol. The lowest BCUT2D eigenvalue weighted by Gasteiger charge is -2.29. The number of nitrogens with one attached hydrogen (secondary N) is 1. The summed E-state index contributed by atoms with van der Waals surface area (Å²) in [6.07, 6.45) is 5.58. The molecule has 1 amide bonds. The summed E-state index contributed by atoms with van der Waals surface area (Å²) in [5.41, 5.74) is 6.11. The lowest BCUT2D eigenvalue weighted by Crippen LogP contribution is -2.37. The molecule has 3 aromatic carbocycles. The average Bonchev–Trinajstić information content (AvgIpc) is 2.85. The number of ether oxygens (including phenoxy) is 1. The zero-order valence-corrected chi connectivity index (χ0v) is 19.4. The number of aliphatic imine (C=N–C) groups is 1. The molecule has 2 aliphatic rings. The van der Waals surface area contributed by atoms with Crippen molar-refractivity contribution in [3.8, 4) is 11.5 Å². The van der Waals surface area contributed by atoms with E-state index in [4.69, 9.17) is 27.9 Å². The van der Waals surface area contributed by atoms with Crippen molar-refractivity contribution in [1.29, 1.82) is 0 Å². The summed E-state index contributed by atoms with van der Waals surface area (Å²) in [7, 11) is 0. The van der Waals surface area contributed by atoms with Crippen LogP contribution in [-0.4, -0.2) is 23.7 Å². The molecular formula is C25H19Cl2FN4O2. The summed E-state index contributed by atoms with van der Waals surface area (Å²) in [5, 5.41) is 2.35. The summed E-state index contributed by atoms with van der Waals surface area (Å²) in [6, 6.07) is 14.9. The van der Waals surface area contributed by atoms with Crippen LogP contribution in [-0.2, 0) is 13.0 Å². The first-order chi connectivity index (χ1) is 16.5. The van der Waals surface area contributed by atoms with Crippen molar-refractivity contribution in [3.05, 3.63) is 99.6 Å². The SMILES string of the molecule is O=C1c2ccc(Oc3c(Cl)cc(N4C=NC=CN4)cc3Cl)cc2CCN1Cc1ccc(F)cc1. The van der Waals surface area contributed by atoms with E-state index in [1.807, 2.05) is 6.07 Å². The predicted molar refractivity (Wildman–Crippen MR) is 131 cm³/mol. The van der Waals surface area contributed by atoms with Gasteiger partial charge >= 0.3 is 0 Å². The van der Waals surface area contributed by atoms with Crippen LogP contribution in [0.3, 0.4) is 0 Å². The minimum atomic E-state index is -0.296. The maximum absolute atomic E-state index is 13.2. The third-order valence-electron chi connectivity index (χ3n) is 5.57. The summed E-state index contributed by atoms with van der Waals surface area (Å²) in [5.74, 6) is 0.505. The molecule has 0 saturated heterocycles. The van der Waals surface area contributed by atoms with Crippen LogP contribution in [0.25, 0.3) is 0 Å². The van der Waals surface area contributed by atoms with Crippen molar-refractivity contribution in [1.82, 2.24) is 10.3 Å². The molecule has 0 saturated carbocycles. The molecule has 0 fully saturated rings. The average molecular weight is 497 g/mol. The molecule has 2 heterocycles. The molecule has 0 bridgehead atoms. The van der Waals surface area contributed by atoms with Crippen LogP contribution in [0.4, 0.5) is 10.1 Å². The van der Waals surface area contributed by atoms with Crippen LogP contribution in [0.1, 0.15) is 21.5 Å². The molecule has 6 nitrogen and oxygen atoms in total. The van der Waals surface area contributed by atoms with E-state index >= 15 is 0 Å². The smallest absolute Gasteiger partial charge is 0.254 e. The Bertz CT molecular complexity index is 1290. The standard InChI is InChI=1S/C25H19Cl2FN4O2/c26-22-12-19(32-15-29-8-9-30-32)13-23(27)24(22)34-20-5-6-21-17(11-20)7-10-31(25(21)33)14-16-1-3-18(28)4-2-16/h1-6,8-9,11-13,15,30H,7,10,14H2. The van der Waals surface area contributed by atoms with Crippen molar-refractivity contribution >= 4 is 41.1 Å². The van der Waals surface area contributed by atoms with Gasteiger partial charge in [0.15, 0.2) is 5.75 Å². The highest BCUT2D eigenvalue weighted by Gasteiger charge is 2.25. The predicted octanol–water partition coefficient (Wildman–Crippen LogP) is 5.95. The van der Waals surface area contributed by atoms with Gasteiger partial charge in [0.05, 0.1) is 15.7 Å². The maximum Gasteiger partial charge on any atom is 0.254 e. The third-order valence-corrected chi connectivity index (χ3v) is 6.13. The molecule has 2 aliphatic heterocycles. The van der Waals surface area contributed by atoms with Gasteiger partial charge in [0.25, 0.3) is 5.91 Å². The van der Waals surface area contributed by atoms with Crippen molar-refractivity contribution in [2.24, 2.45) is 4.99 Å². The molecule has 9 heteroatoms. The first-order valence-electron chi connectivity index (χ1n) is 10.6. The lowest BCUT2D eigenvalue weighted by molar-refractivity contribution is 0.0727. The number of halogens is 3. The number of hydrogen-bond acceptors (Lipinski definition) is 5. The number of rotatable bonds is 5. The number of hydrazine groups is 1. The van der Waals surface area contributed by atoms with Gasteiger partial charge in [0, 0.05) is 31.1 Å². The number of benzene rings is 3. The van der Waals surface area contributed by atoms with Crippen LogP contribution < -0.4 is 15.2 Å². The van der Waals surface area contributed by atoms with Crippen LogP contribution in [0.15, 0.2) is 72.0 Å². The van der Waals surface area contributed by atoms with E-state index in [2.05, 4.69) is 10.4 Å². The molecule has 0 spiro atoms. The number of hydrogen-bond donors (Lipinski definition) is 1. The molecule has 1 N–H and O–H groups in total. The largest absolute Gasteiger partial charge is 0.454 e. The van der Waals surface area contributed by atoms with Gasteiger partial charge in [0.2, 0.25) is 0 Å². The Hall–Kier alpha value is -3.55. The molecule has 34 heavy (non-hydrogen) atoms. The van der Waals surface area contributed by atoms with Gasteiger partial charge in [-0.3, -0.25) is 10.2 Å². The van der Waals surface area contributed by atoms with Crippen LogP contribution in [0, 0.1) is 5.82 Å². The molecular weight excluding hydrogens is 478 g/mol. The summed E-state index contributed by atoms with van der Waals surface area (Å²) in [6.45, 7) is 0.989. The first-order valence-corrected chi connectivity index (χ1v) is 11.3. The van der Waals surface area contributed by atoms with Crippen LogP contribution in [0.5, 0.6) is 11.5 Å². The Labute approximate surface area is 205 Å². The second-order valence-electron chi connectivity index (χ2n) is 7.84. The Kier molecular flexibility index (Phi) is 6.13. The van der Waals surface area contributed by atoms with Gasteiger partial charge in [0.1, 0.15) is 17.9 Å². The number of carbonyl (C=O) groups excluding carboxylic acids is 1. The van der Waals surface area contributed by atoms with Gasteiger partial charge in [-0.2, -0.15) is 0 Å². The second kappa shape index (κ2) is 9.37. The van der Waals surface area contributed by atoms with Gasteiger partial charge in [-0.15, -0.1) is 0 Å². The van der Waals surface area contributed by atoms with Crippen molar-refractivity contribution in [2.75, 3.05) is 11.6 Å². The number of amides is 1. The van der Waals surface area contributed by atoms with E-state index in [9.17, 15) is 9.18 Å². The zero-order chi connectivity index (χ0) is 23.7. The molecule has 0 atom stereocenters. The van der Waals surface area contributed by atoms with Gasteiger partial charge < -0.3 is 9.64 Å². The fraction of sp³-hybridized carbons (Fsp3) is 0.120. The summed E-state index contributed by atoms with van der Waals surface area (Å²) in [4.78, 5) is 18.8. The van der Waals surface area contributed by atoms with Gasteiger partial charge in [-0.05, 0) is 60.0 Å². The number of nitrogens with zero attached hydrogens (tertiary/aromatic N) is 3. The van der Waals surface area contributed by atoms with E-state index in [1.165, 1.54) is 12.1 Å². The van der Waals surface area contributed by atoms with Crippen LogP contribution >= 0.6 is 23.2 Å². The van der Waals surface area contributed by atoms with E-state index in [1.54, 1.807) is 65.0 Å².